The van der Waals surface area contributed by atoms with Crippen molar-refractivity contribution in [3.05, 3.63) is 58.3 Å². The van der Waals surface area contributed by atoms with Crippen LogP contribution in [0.1, 0.15) is 19.4 Å². The molecule has 1 heterocycles. The minimum absolute atomic E-state index is 0.0938. The number of benzene rings is 1. The fraction of sp³-hybridized carbons (Fsp3) is 0.200. The summed E-state index contributed by atoms with van der Waals surface area (Å²) in [5.74, 6) is 0.287. The number of pyridine rings is 1. The predicted octanol–water partition coefficient (Wildman–Crippen LogP) is 3.58. The SMILES string of the molecule is CC(C)(C#N)c1ccccc1Oc1ncccc1[N+](=O)[O-]. The number of hydrogen-bond donors (Lipinski definition) is 0. The lowest BCUT2D eigenvalue weighted by atomic mass is 9.86. The maximum atomic E-state index is 11.0. The third kappa shape index (κ3) is 2.98. The summed E-state index contributed by atoms with van der Waals surface area (Å²) in [5.41, 5.74) is -0.352. The molecule has 0 aliphatic rings. The van der Waals surface area contributed by atoms with Crippen LogP contribution in [-0.2, 0) is 5.41 Å². The van der Waals surface area contributed by atoms with Crippen LogP contribution in [0.5, 0.6) is 11.6 Å². The van der Waals surface area contributed by atoms with Gasteiger partial charge in [0.15, 0.2) is 0 Å². The molecule has 6 heteroatoms. The molecule has 0 radical (unpaired) electrons. The molecule has 2 rings (SSSR count). The second kappa shape index (κ2) is 5.59. The highest BCUT2D eigenvalue weighted by Crippen LogP contribution is 2.35. The van der Waals surface area contributed by atoms with Gasteiger partial charge in [-0.25, -0.2) is 4.98 Å². The fourth-order valence-electron chi connectivity index (χ4n) is 1.84. The molecule has 106 valence electrons. The van der Waals surface area contributed by atoms with Gasteiger partial charge in [0, 0.05) is 17.8 Å². The van der Waals surface area contributed by atoms with Crippen LogP contribution in [-0.4, -0.2) is 9.91 Å². The summed E-state index contributed by atoms with van der Waals surface area (Å²) in [4.78, 5) is 14.3. The van der Waals surface area contributed by atoms with E-state index in [0.29, 0.717) is 11.3 Å². The smallest absolute Gasteiger partial charge is 0.331 e. The van der Waals surface area contributed by atoms with Gasteiger partial charge in [-0.3, -0.25) is 10.1 Å². The Hall–Kier alpha value is -2.94. The number of nitro groups is 1. The van der Waals surface area contributed by atoms with Gasteiger partial charge in [0.05, 0.1) is 16.4 Å². The highest BCUT2D eigenvalue weighted by Gasteiger charge is 2.25. The lowest BCUT2D eigenvalue weighted by Gasteiger charge is -2.19. The van der Waals surface area contributed by atoms with Crippen LogP contribution in [0.25, 0.3) is 0 Å². The van der Waals surface area contributed by atoms with Crippen LogP contribution in [0.2, 0.25) is 0 Å². The van der Waals surface area contributed by atoms with Gasteiger partial charge in [0.2, 0.25) is 0 Å². The summed E-state index contributed by atoms with van der Waals surface area (Å²) in [6, 6.07) is 11.9. The molecule has 6 nitrogen and oxygen atoms in total. The molecular formula is C15H13N3O3. The molecule has 0 saturated heterocycles. The number of hydrogen-bond acceptors (Lipinski definition) is 5. The first-order valence-corrected chi connectivity index (χ1v) is 6.24. The average molecular weight is 283 g/mol. The van der Waals surface area contributed by atoms with E-state index in [0.717, 1.165) is 0 Å². The van der Waals surface area contributed by atoms with Crippen LogP contribution in [0.15, 0.2) is 42.6 Å². The quantitative estimate of drug-likeness (QED) is 0.632. The highest BCUT2D eigenvalue weighted by atomic mass is 16.6. The maximum Gasteiger partial charge on any atom is 0.331 e. The van der Waals surface area contributed by atoms with E-state index in [1.165, 1.54) is 18.3 Å². The van der Waals surface area contributed by atoms with Gasteiger partial charge in [-0.15, -0.1) is 0 Å². The normalized spacial score (nSPS) is 10.7. The van der Waals surface area contributed by atoms with Gasteiger partial charge in [-0.05, 0) is 26.0 Å². The molecule has 0 bridgehead atoms. The number of ether oxygens (including phenoxy) is 1. The van der Waals surface area contributed by atoms with Crippen molar-refractivity contribution in [1.29, 1.82) is 5.26 Å². The molecule has 0 atom stereocenters. The number of rotatable bonds is 4. The lowest BCUT2D eigenvalue weighted by Crippen LogP contribution is -2.15. The molecular weight excluding hydrogens is 270 g/mol. The van der Waals surface area contributed by atoms with Crippen molar-refractivity contribution in [2.24, 2.45) is 0 Å². The van der Waals surface area contributed by atoms with Crippen LogP contribution >= 0.6 is 0 Å². The topological polar surface area (TPSA) is 89.0 Å². The van der Waals surface area contributed by atoms with Crippen molar-refractivity contribution in [3.63, 3.8) is 0 Å². The second-order valence-corrected chi connectivity index (χ2v) is 4.92. The van der Waals surface area contributed by atoms with E-state index >= 15 is 0 Å². The van der Waals surface area contributed by atoms with Gasteiger partial charge in [-0.2, -0.15) is 5.26 Å². The zero-order valence-electron chi connectivity index (χ0n) is 11.6. The van der Waals surface area contributed by atoms with Crippen LogP contribution in [0, 0.1) is 21.4 Å². The van der Waals surface area contributed by atoms with Crippen molar-refractivity contribution >= 4 is 5.69 Å². The van der Waals surface area contributed by atoms with Gasteiger partial charge in [-0.1, -0.05) is 18.2 Å². The van der Waals surface area contributed by atoms with E-state index in [9.17, 15) is 15.4 Å². The number of para-hydroxylation sites is 1. The molecule has 0 N–H and O–H groups in total. The summed E-state index contributed by atoms with van der Waals surface area (Å²) in [5, 5.41) is 20.2. The van der Waals surface area contributed by atoms with Crippen molar-refractivity contribution < 1.29 is 9.66 Å². The predicted molar refractivity (Wildman–Crippen MR) is 76.0 cm³/mol. The summed E-state index contributed by atoms with van der Waals surface area (Å²) in [7, 11) is 0. The van der Waals surface area contributed by atoms with Gasteiger partial charge in [0.25, 0.3) is 5.88 Å². The monoisotopic (exact) mass is 283 g/mol. The zero-order valence-corrected chi connectivity index (χ0v) is 11.6. The Labute approximate surface area is 121 Å². The first-order chi connectivity index (χ1) is 9.95. The molecule has 0 unspecified atom stereocenters. The van der Waals surface area contributed by atoms with Crippen LogP contribution < -0.4 is 4.74 Å². The molecule has 0 spiro atoms. The standard InChI is InChI=1S/C15H13N3O3/c1-15(2,10-16)11-6-3-4-8-13(11)21-14-12(18(19)20)7-5-9-17-14/h3-9H,1-2H3. The minimum Gasteiger partial charge on any atom is -0.433 e. The minimum atomic E-state index is -0.778. The fourth-order valence-corrected chi connectivity index (χ4v) is 1.84. The average Bonchev–Trinajstić information content (AvgIpc) is 2.48. The molecule has 0 aliphatic heterocycles. The van der Waals surface area contributed by atoms with Gasteiger partial charge >= 0.3 is 5.69 Å². The highest BCUT2D eigenvalue weighted by molar-refractivity contribution is 5.47. The third-order valence-electron chi connectivity index (χ3n) is 2.99. The van der Waals surface area contributed by atoms with E-state index in [1.807, 2.05) is 0 Å². The Kier molecular flexibility index (Phi) is 3.85. The van der Waals surface area contributed by atoms with Gasteiger partial charge < -0.3 is 4.74 Å². The van der Waals surface area contributed by atoms with E-state index < -0.39 is 10.3 Å². The molecule has 0 saturated carbocycles. The van der Waals surface area contributed by atoms with E-state index in [4.69, 9.17) is 4.74 Å². The van der Waals surface area contributed by atoms with Crippen molar-refractivity contribution in [1.82, 2.24) is 4.98 Å². The Morgan fingerprint density at radius 2 is 2.00 bits per heavy atom. The van der Waals surface area contributed by atoms with Crippen LogP contribution in [0.4, 0.5) is 5.69 Å². The largest absolute Gasteiger partial charge is 0.433 e. The first kappa shape index (κ1) is 14.5. The molecule has 1 aromatic carbocycles. The zero-order chi connectivity index (χ0) is 15.5. The van der Waals surface area contributed by atoms with Gasteiger partial charge in [0.1, 0.15) is 5.75 Å². The number of nitrogens with zero attached hydrogens (tertiary/aromatic N) is 3. The molecule has 2 aromatic rings. The summed E-state index contributed by atoms with van der Waals surface area (Å²) >= 11 is 0. The third-order valence-corrected chi connectivity index (χ3v) is 2.99. The molecule has 0 aliphatic carbocycles. The molecule has 21 heavy (non-hydrogen) atoms. The molecule has 0 amide bonds. The molecule has 0 fully saturated rings. The second-order valence-electron chi connectivity index (χ2n) is 4.92. The lowest BCUT2D eigenvalue weighted by molar-refractivity contribution is -0.386. The van der Waals surface area contributed by atoms with E-state index in [2.05, 4.69) is 11.1 Å². The van der Waals surface area contributed by atoms with Crippen LogP contribution in [0.3, 0.4) is 0 Å². The number of aromatic nitrogens is 1. The Morgan fingerprint density at radius 3 is 2.67 bits per heavy atom. The number of nitriles is 1. The van der Waals surface area contributed by atoms with Crippen molar-refractivity contribution in [2.75, 3.05) is 0 Å². The maximum absolute atomic E-state index is 11.0. The summed E-state index contributed by atoms with van der Waals surface area (Å²) in [6.07, 6.45) is 1.42. The summed E-state index contributed by atoms with van der Waals surface area (Å²) in [6.45, 7) is 3.50. The molecule has 1 aromatic heterocycles. The summed E-state index contributed by atoms with van der Waals surface area (Å²) < 4.78 is 5.59. The Morgan fingerprint density at radius 1 is 1.29 bits per heavy atom. The van der Waals surface area contributed by atoms with Crippen molar-refractivity contribution in [2.45, 2.75) is 19.3 Å². The Balaban J connectivity index is 2.47. The van der Waals surface area contributed by atoms with Crippen molar-refractivity contribution in [3.8, 4) is 17.7 Å². The first-order valence-electron chi connectivity index (χ1n) is 6.24. The van der Waals surface area contributed by atoms with E-state index in [1.54, 1.807) is 38.1 Å². The Bertz CT molecular complexity index is 720. The van der Waals surface area contributed by atoms with E-state index in [-0.39, 0.29) is 11.6 Å².